The maximum absolute atomic E-state index is 13.4. The summed E-state index contributed by atoms with van der Waals surface area (Å²) >= 11 is 0. The number of carboxylic acids is 1. The summed E-state index contributed by atoms with van der Waals surface area (Å²) in [6, 6.07) is 14.9. The van der Waals surface area contributed by atoms with Crippen LogP contribution >= 0.6 is 0 Å². The smallest absolute Gasteiger partial charge is 0.326 e. The molecule has 0 unspecified atom stereocenters. The summed E-state index contributed by atoms with van der Waals surface area (Å²) in [5.41, 5.74) is 0.310. The first-order valence-electron chi connectivity index (χ1n) is 9.90. The molecule has 0 fully saturated rings. The predicted octanol–water partition coefficient (Wildman–Crippen LogP) is 2.77. The molecular formula is C24H23NO7. The lowest BCUT2D eigenvalue weighted by Gasteiger charge is -2.26. The standard InChI is InChI=1S/C24H23NO7/c1-13(18(23(29)31-2)24(30)32-3)20(22(27)28)25-21(26)19-16-10-6-4-8-14(16)12-15-9-5-7-11-17(15)19/h4-13,18,20H,1-3H3,(H,25,26)(H,27,28)/t13-,20+/m1/s1. The SMILES string of the molecule is COC(=O)C(C(=O)OC)[C@@H](C)[C@H](NC(=O)c1c2ccccc2cc2ccccc12)C(=O)O. The summed E-state index contributed by atoms with van der Waals surface area (Å²) in [5.74, 6) is -6.58. The Morgan fingerprint density at radius 3 is 1.75 bits per heavy atom. The number of hydrogen-bond donors (Lipinski definition) is 2. The van der Waals surface area contributed by atoms with E-state index in [1.54, 1.807) is 24.3 Å². The lowest BCUT2D eigenvalue weighted by molar-refractivity contribution is -0.162. The number of ether oxygens (including phenoxy) is 2. The molecule has 0 saturated carbocycles. The first kappa shape index (κ1) is 22.7. The highest BCUT2D eigenvalue weighted by atomic mass is 16.5. The number of carbonyl (C=O) groups is 4. The van der Waals surface area contributed by atoms with Crippen molar-refractivity contribution >= 4 is 45.4 Å². The molecule has 1 amide bonds. The second-order valence-corrected chi connectivity index (χ2v) is 7.37. The minimum absolute atomic E-state index is 0.310. The van der Waals surface area contributed by atoms with Gasteiger partial charge in [0.15, 0.2) is 5.92 Å². The van der Waals surface area contributed by atoms with Crippen molar-refractivity contribution in [1.29, 1.82) is 0 Å². The number of hydrogen-bond acceptors (Lipinski definition) is 6. The molecule has 3 aromatic carbocycles. The van der Waals surface area contributed by atoms with Gasteiger partial charge in [0.2, 0.25) is 0 Å². The van der Waals surface area contributed by atoms with E-state index in [0.29, 0.717) is 16.3 Å². The minimum atomic E-state index is -1.55. The molecule has 8 nitrogen and oxygen atoms in total. The van der Waals surface area contributed by atoms with Gasteiger partial charge >= 0.3 is 17.9 Å². The van der Waals surface area contributed by atoms with Crippen LogP contribution in [-0.4, -0.2) is 49.2 Å². The van der Waals surface area contributed by atoms with Gasteiger partial charge in [-0.3, -0.25) is 14.4 Å². The normalized spacial score (nSPS) is 12.9. The van der Waals surface area contributed by atoms with E-state index in [1.165, 1.54) is 6.92 Å². The largest absolute Gasteiger partial charge is 0.480 e. The fraction of sp³-hybridized carbons (Fsp3) is 0.250. The van der Waals surface area contributed by atoms with E-state index in [2.05, 4.69) is 14.8 Å². The zero-order valence-corrected chi connectivity index (χ0v) is 17.8. The molecular weight excluding hydrogens is 414 g/mol. The Morgan fingerprint density at radius 2 is 1.31 bits per heavy atom. The zero-order valence-electron chi connectivity index (χ0n) is 17.8. The molecule has 0 saturated heterocycles. The van der Waals surface area contributed by atoms with Gasteiger partial charge in [0.05, 0.1) is 19.8 Å². The number of nitrogens with one attached hydrogen (secondary N) is 1. The molecule has 0 bridgehead atoms. The Bertz CT molecular complexity index is 1130. The van der Waals surface area contributed by atoms with Crippen molar-refractivity contribution in [3.8, 4) is 0 Å². The lowest BCUT2D eigenvalue weighted by atomic mass is 9.86. The molecule has 166 valence electrons. The molecule has 0 aliphatic carbocycles. The van der Waals surface area contributed by atoms with Crippen LogP contribution in [0.3, 0.4) is 0 Å². The first-order valence-corrected chi connectivity index (χ1v) is 9.90. The van der Waals surface area contributed by atoms with E-state index < -0.39 is 41.7 Å². The van der Waals surface area contributed by atoms with Crippen molar-refractivity contribution < 1.29 is 33.8 Å². The molecule has 2 atom stereocenters. The molecule has 3 rings (SSSR count). The number of methoxy groups -OCH3 is 2. The number of carbonyl (C=O) groups excluding carboxylic acids is 3. The Hall–Kier alpha value is -3.94. The Kier molecular flexibility index (Phi) is 6.73. The van der Waals surface area contributed by atoms with Crippen LogP contribution in [0.1, 0.15) is 17.3 Å². The van der Waals surface area contributed by atoms with Crippen LogP contribution < -0.4 is 5.32 Å². The Balaban J connectivity index is 2.06. The van der Waals surface area contributed by atoms with Crippen LogP contribution in [0.5, 0.6) is 0 Å². The summed E-state index contributed by atoms with van der Waals surface area (Å²) in [5, 5.41) is 15.2. The zero-order chi connectivity index (χ0) is 23.4. The lowest BCUT2D eigenvalue weighted by Crippen LogP contribution is -2.50. The van der Waals surface area contributed by atoms with Crippen molar-refractivity contribution in [2.45, 2.75) is 13.0 Å². The quantitative estimate of drug-likeness (QED) is 0.331. The van der Waals surface area contributed by atoms with E-state index in [-0.39, 0.29) is 0 Å². The Morgan fingerprint density at radius 1 is 0.844 bits per heavy atom. The van der Waals surface area contributed by atoms with Crippen LogP contribution in [0.15, 0.2) is 54.6 Å². The third kappa shape index (κ3) is 4.25. The maximum Gasteiger partial charge on any atom is 0.326 e. The van der Waals surface area contributed by atoms with Gasteiger partial charge in [-0.2, -0.15) is 0 Å². The van der Waals surface area contributed by atoms with Crippen LogP contribution in [0.2, 0.25) is 0 Å². The summed E-state index contributed by atoms with van der Waals surface area (Å²) < 4.78 is 9.29. The molecule has 0 spiro atoms. The second-order valence-electron chi connectivity index (χ2n) is 7.37. The van der Waals surface area contributed by atoms with Gasteiger partial charge in [-0.05, 0) is 27.6 Å². The van der Waals surface area contributed by atoms with Gasteiger partial charge in [-0.15, -0.1) is 0 Å². The number of esters is 2. The van der Waals surface area contributed by atoms with Crippen molar-refractivity contribution in [3.63, 3.8) is 0 Å². The number of carboxylic acid groups (broad SMARTS) is 1. The molecule has 2 N–H and O–H groups in total. The molecule has 8 heteroatoms. The van der Waals surface area contributed by atoms with Crippen molar-refractivity contribution in [2.24, 2.45) is 11.8 Å². The van der Waals surface area contributed by atoms with E-state index in [0.717, 1.165) is 25.0 Å². The van der Waals surface area contributed by atoms with Gasteiger partial charge in [0.25, 0.3) is 5.91 Å². The molecule has 0 aliphatic heterocycles. The van der Waals surface area contributed by atoms with Crippen molar-refractivity contribution in [2.75, 3.05) is 14.2 Å². The van der Waals surface area contributed by atoms with Crippen LogP contribution in [0.4, 0.5) is 0 Å². The highest BCUT2D eigenvalue weighted by Gasteiger charge is 2.42. The van der Waals surface area contributed by atoms with E-state index in [9.17, 15) is 24.3 Å². The molecule has 3 aromatic rings. The summed E-state index contributed by atoms with van der Waals surface area (Å²) in [7, 11) is 2.17. The van der Waals surface area contributed by atoms with E-state index in [4.69, 9.17) is 0 Å². The van der Waals surface area contributed by atoms with Crippen LogP contribution in [-0.2, 0) is 23.9 Å². The highest BCUT2D eigenvalue weighted by Crippen LogP contribution is 2.29. The van der Waals surface area contributed by atoms with Gasteiger partial charge in [0.1, 0.15) is 6.04 Å². The third-order valence-electron chi connectivity index (χ3n) is 5.51. The number of benzene rings is 3. The van der Waals surface area contributed by atoms with Crippen molar-refractivity contribution in [1.82, 2.24) is 5.32 Å². The molecule has 0 radical (unpaired) electrons. The fourth-order valence-electron chi connectivity index (χ4n) is 3.86. The summed E-state index contributed by atoms with van der Waals surface area (Å²) in [6.07, 6.45) is 0. The summed E-state index contributed by atoms with van der Waals surface area (Å²) in [6.45, 7) is 1.37. The van der Waals surface area contributed by atoms with Gasteiger partial charge < -0.3 is 19.9 Å². The number of fused-ring (bicyclic) bond motifs is 2. The minimum Gasteiger partial charge on any atom is -0.480 e. The predicted molar refractivity (Wildman–Crippen MR) is 117 cm³/mol. The van der Waals surface area contributed by atoms with Crippen LogP contribution in [0, 0.1) is 11.8 Å². The van der Waals surface area contributed by atoms with Crippen LogP contribution in [0.25, 0.3) is 21.5 Å². The topological polar surface area (TPSA) is 119 Å². The number of amides is 1. The molecule has 0 aliphatic rings. The van der Waals surface area contributed by atoms with Gasteiger partial charge in [-0.1, -0.05) is 55.5 Å². The summed E-state index contributed by atoms with van der Waals surface area (Å²) in [4.78, 5) is 49.7. The first-order chi connectivity index (χ1) is 15.3. The Labute approximate surface area is 184 Å². The second kappa shape index (κ2) is 9.47. The highest BCUT2D eigenvalue weighted by molar-refractivity contribution is 6.18. The average molecular weight is 437 g/mol. The fourth-order valence-corrected chi connectivity index (χ4v) is 3.86. The van der Waals surface area contributed by atoms with Crippen molar-refractivity contribution in [3.05, 3.63) is 60.2 Å². The molecule has 32 heavy (non-hydrogen) atoms. The monoisotopic (exact) mass is 437 g/mol. The van der Waals surface area contributed by atoms with E-state index in [1.807, 2.05) is 30.3 Å². The van der Waals surface area contributed by atoms with Gasteiger partial charge in [-0.25, -0.2) is 4.79 Å². The maximum atomic E-state index is 13.4. The third-order valence-corrected chi connectivity index (χ3v) is 5.51. The molecule has 0 aromatic heterocycles. The number of aliphatic carboxylic acids is 1. The van der Waals surface area contributed by atoms with Gasteiger partial charge in [0, 0.05) is 5.92 Å². The van der Waals surface area contributed by atoms with E-state index >= 15 is 0 Å². The average Bonchev–Trinajstić information content (AvgIpc) is 2.80. The molecule has 0 heterocycles. The number of rotatable bonds is 7.